The lowest BCUT2D eigenvalue weighted by Gasteiger charge is -2.73. The smallest absolute Gasteiger partial charge is 0.335 e. The second kappa shape index (κ2) is 22.7. The Morgan fingerprint density at radius 1 is 0.637 bits per heavy atom. The standard InChI is InChI=1S/C57H88O23/c1-12-24(3)47(71)79-44-45(80-48(72)25(4)13-2)57(23-60)27(20-52(44,5)6)26-14-15-31-54(9)18-17-32(53(7,8)30(54)16-19-55(31,10)56(26,11)42(67)43(57)68)75-51-41(78-50-37(65)35(63)33(61)28(21-58)73-50)39(38(66)40(77-51)46(69)70)76-49-36(64)34(62)29(22-59)74-49/h12-14,27-45,49-51,58-68H,15-23H2,1-11H3,(H,69,70)/b24-12-,25-13-/t27?,28?,29-,30?,31?,32-,33-,34+,35+,36?,37?,38-,39+,40?,41?,42-,43+,44-,45-,49-,50-,51+,54-,55+,56+,57-/m0/s1. The first-order chi connectivity index (χ1) is 37.3. The van der Waals surface area contributed by atoms with Gasteiger partial charge in [0.1, 0.15) is 67.1 Å². The van der Waals surface area contributed by atoms with Crippen molar-refractivity contribution in [1.29, 1.82) is 0 Å². The van der Waals surface area contributed by atoms with E-state index in [0.29, 0.717) is 37.7 Å². The second-order valence-electron chi connectivity index (χ2n) is 26.0. The van der Waals surface area contributed by atoms with Crippen molar-refractivity contribution in [3.05, 3.63) is 34.9 Å². The lowest BCUT2D eigenvalue weighted by atomic mass is 9.32. The van der Waals surface area contributed by atoms with Crippen LogP contribution >= 0.6 is 0 Å². The van der Waals surface area contributed by atoms with Gasteiger partial charge >= 0.3 is 17.9 Å². The molecule has 3 saturated heterocycles. The van der Waals surface area contributed by atoms with Crippen molar-refractivity contribution in [2.45, 2.75) is 231 Å². The van der Waals surface area contributed by atoms with Gasteiger partial charge in [0.25, 0.3) is 0 Å². The highest BCUT2D eigenvalue weighted by atomic mass is 16.8. The van der Waals surface area contributed by atoms with E-state index in [0.717, 1.165) is 5.57 Å². The zero-order chi connectivity index (χ0) is 59.3. The summed E-state index contributed by atoms with van der Waals surface area (Å²) in [4.78, 5) is 40.3. The van der Waals surface area contributed by atoms with E-state index in [1.807, 2.05) is 34.6 Å². The number of carboxylic acids is 1. The molecule has 26 atom stereocenters. The third-order valence-electron chi connectivity index (χ3n) is 21.4. The molecular weight excluding hydrogens is 1050 g/mol. The van der Waals surface area contributed by atoms with Crippen LogP contribution in [0.25, 0.3) is 0 Å². The third-order valence-corrected chi connectivity index (χ3v) is 21.4. The number of carbonyl (C=O) groups is 3. The van der Waals surface area contributed by atoms with Crippen molar-refractivity contribution in [3.8, 4) is 0 Å². The first kappa shape index (κ1) is 63.0. The number of aliphatic hydroxyl groups is 11. The quantitative estimate of drug-likeness (QED) is 0.0480. The third kappa shape index (κ3) is 9.76. The molecule has 0 bridgehead atoms. The van der Waals surface area contributed by atoms with Gasteiger partial charge in [0.15, 0.2) is 31.1 Å². The highest BCUT2D eigenvalue weighted by molar-refractivity contribution is 5.89. The fourth-order valence-electron chi connectivity index (χ4n) is 16.2. The molecule has 12 N–H and O–H groups in total. The number of ether oxygens (including phenoxy) is 8. The summed E-state index contributed by atoms with van der Waals surface area (Å²) in [5, 5.41) is 134. The molecule has 7 fully saturated rings. The molecule has 0 amide bonds. The Labute approximate surface area is 466 Å². The summed E-state index contributed by atoms with van der Waals surface area (Å²) in [7, 11) is 0. The Hall–Kier alpha value is -3.05. The molecule has 23 heteroatoms. The molecule has 0 aromatic heterocycles. The summed E-state index contributed by atoms with van der Waals surface area (Å²) < 4.78 is 49.0. The summed E-state index contributed by atoms with van der Waals surface area (Å²) >= 11 is 0. The number of carbonyl (C=O) groups excluding carboxylic acids is 2. The molecule has 3 heterocycles. The molecule has 8 rings (SSSR count). The van der Waals surface area contributed by atoms with Gasteiger partial charge in [-0.05, 0) is 100 Å². The monoisotopic (exact) mass is 1140 g/mol. The van der Waals surface area contributed by atoms with E-state index in [2.05, 4.69) is 19.9 Å². The molecule has 23 nitrogen and oxygen atoms in total. The summed E-state index contributed by atoms with van der Waals surface area (Å²) in [6.45, 7) is 18.4. The molecule has 0 radical (unpaired) electrons. The van der Waals surface area contributed by atoms with Crippen molar-refractivity contribution in [3.63, 3.8) is 0 Å². The van der Waals surface area contributed by atoms with Gasteiger partial charge in [0.05, 0.1) is 43.5 Å². The number of hydrogen-bond donors (Lipinski definition) is 12. The number of rotatable bonds is 14. The Bertz CT molecular complexity index is 2390. The Morgan fingerprint density at radius 3 is 1.71 bits per heavy atom. The Morgan fingerprint density at radius 2 is 1.18 bits per heavy atom. The van der Waals surface area contributed by atoms with Crippen LogP contribution in [-0.2, 0) is 52.3 Å². The number of hydrogen-bond acceptors (Lipinski definition) is 22. The van der Waals surface area contributed by atoms with E-state index in [4.69, 9.17) is 37.9 Å². The molecule has 0 aromatic rings. The summed E-state index contributed by atoms with van der Waals surface area (Å²) in [6, 6.07) is 0. The average Bonchev–Trinajstić information content (AvgIpc) is 3.72. The van der Waals surface area contributed by atoms with Crippen molar-refractivity contribution in [1.82, 2.24) is 0 Å². The van der Waals surface area contributed by atoms with E-state index in [1.54, 1.807) is 39.8 Å². The van der Waals surface area contributed by atoms with Gasteiger partial charge in [-0.2, -0.15) is 0 Å². The fraction of sp³-hybridized carbons (Fsp3) is 0.842. The average molecular weight is 1140 g/mol. The van der Waals surface area contributed by atoms with Crippen LogP contribution in [-0.4, -0.2) is 216 Å². The normalized spacial score (nSPS) is 49.0. The molecule has 0 aromatic carbocycles. The van der Waals surface area contributed by atoms with Crippen LogP contribution in [0, 0.1) is 50.2 Å². The largest absolute Gasteiger partial charge is 0.479 e. The zero-order valence-electron chi connectivity index (χ0n) is 47.7. The molecule has 0 spiro atoms. The van der Waals surface area contributed by atoms with E-state index in [-0.39, 0.29) is 23.8 Å². The number of carboxylic acid groups (broad SMARTS) is 1. The maximum atomic E-state index is 13.9. The highest BCUT2D eigenvalue weighted by Gasteiger charge is 2.76. The molecule has 5 aliphatic carbocycles. The van der Waals surface area contributed by atoms with Crippen molar-refractivity contribution >= 4 is 17.9 Å². The summed E-state index contributed by atoms with van der Waals surface area (Å²) in [5.41, 5.74) is -4.40. The number of fused-ring (bicyclic) bond motifs is 7. The van der Waals surface area contributed by atoms with Gasteiger partial charge in [-0.1, -0.05) is 72.3 Å². The van der Waals surface area contributed by atoms with Gasteiger partial charge in [0, 0.05) is 22.0 Å². The number of esters is 2. The minimum Gasteiger partial charge on any atom is -0.479 e. The summed E-state index contributed by atoms with van der Waals surface area (Å²) in [6.07, 6.45) is -24.0. The van der Waals surface area contributed by atoms with Gasteiger partial charge in [0.2, 0.25) is 0 Å². The molecule has 454 valence electrons. The molecule has 80 heavy (non-hydrogen) atoms. The molecule has 4 saturated carbocycles. The molecular formula is C57H88O23. The SMILES string of the molecule is C/C=C(/C)C(=O)O[C@H]1[C@H](OC(=O)/C(C)=C\C)[C@@]2(CO)C(CC1(C)C)C1=CCC3[C@@]4(C)CC[C@H](O[C@@H]5OC(C(=O)O)[C@@H](O)[C@@H](O[C@@H]6O[C@@H](CO)[C@@H](O)C6O)C5O[C@@H]5OC(CO)[C@H](O)[C@@H](O)C5O)C(C)(C)C4CC[C@@]3(C)[C@@]1(C)[C@@H](O)[C@H]2O. The van der Waals surface area contributed by atoms with Gasteiger partial charge in [-0.3, -0.25) is 0 Å². The highest BCUT2D eigenvalue weighted by Crippen LogP contribution is 2.76. The van der Waals surface area contributed by atoms with Crippen LogP contribution < -0.4 is 0 Å². The van der Waals surface area contributed by atoms with E-state index < -0.39 is 193 Å². The van der Waals surface area contributed by atoms with Gasteiger partial charge in [-0.15, -0.1) is 0 Å². The fourth-order valence-corrected chi connectivity index (χ4v) is 16.2. The first-order valence-corrected chi connectivity index (χ1v) is 28.1. The number of aliphatic hydroxyl groups excluding tert-OH is 11. The Kier molecular flexibility index (Phi) is 17.9. The predicted molar refractivity (Wildman–Crippen MR) is 277 cm³/mol. The van der Waals surface area contributed by atoms with Crippen LogP contribution in [0.4, 0.5) is 0 Å². The molecule has 8 aliphatic rings. The zero-order valence-corrected chi connectivity index (χ0v) is 47.7. The van der Waals surface area contributed by atoms with Gasteiger partial charge < -0.3 is 99.2 Å². The molecule has 3 aliphatic heterocycles. The molecule has 8 unspecified atom stereocenters. The van der Waals surface area contributed by atoms with Crippen LogP contribution in [0.1, 0.15) is 115 Å². The minimum absolute atomic E-state index is 0.153. The van der Waals surface area contributed by atoms with Gasteiger partial charge in [-0.25, -0.2) is 14.4 Å². The predicted octanol–water partition coefficient (Wildman–Crippen LogP) is 0.263. The van der Waals surface area contributed by atoms with Crippen molar-refractivity contribution < 1.29 is 114 Å². The van der Waals surface area contributed by atoms with Crippen LogP contribution in [0.2, 0.25) is 0 Å². The summed E-state index contributed by atoms with van der Waals surface area (Å²) in [5.74, 6) is -4.01. The second-order valence-corrected chi connectivity index (χ2v) is 26.0. The van der Waals surface area contributed by atoms with Crippen molar-refractivity contribution in [2.75, 3.05) is 19.8 Å². The Balaban J connectivity index is 1.14. The van der Waals surface area contributed by atoms with Crippen LogP contribution in [0.5, 0.6) is 0 Å². The van der Waals surface area contributed by atoms with E-state index >= 15 is 0 Å². The van der Waals surface area contributed by atoms with E-state index in [1.165, 1.54) is 0 Å². The van der Waals surface area contributed by atoms with Crippen LogP contribution in [0.3, 0.4) is 0 Å². The maximum Gasteiger partial charge on any atom is 0.335 e. The first-order valence-electron chi connectivity index (χ1n) is 28.1. The topological polar surface area (TPSA) is 368 Å². The number of aliphatic carboxylic acids is 1. The lowest BCUT2D eigenvalue weighted by molar-refractivity contribution is -0.386. The lowest BCUT2D eigenvalue weighted by Crippen LogP contribution is -2.76. The number of allylic oxidation sites excluding steroid dienone is 3. The minimum atomic E-state index is -2.13. The maximum absolute atomic E-state index is 13.9. The van der Waals surface area contributed by atoms with Crippen molar-refractivity contribution in [2.24, 2.45) is 50.2 Å². The van der Waals surface area contributed by atoms with E-state index in [9.17, 15) is 75.7 Å². The van der Waals surface area contributed by atoms with Crippen LogP contribution in [0.15, 0.2) is 34.9 Å².